The van der Waals surface area contributed by atoms with Crippen molar-refractivity contribution in [2.45, 2.75) is 37.8 Å². The van der Waals surface area contributed by atoms with Crippen molar-refractivity contribution in [2.75, 3.05) is 0 Å². The molecule has 28 heavy (non-hydrogen) atoms. The summed E-state index contributed by atoms with van der Waals surface area (Å²) in [4.78, 5) is 9.34. The summed E-state index contributed by atoms with van der Waals surface area (Å²) in [6.45, 7) is 0. The Hall–Kier alpha value is -1.23. The molecule has 3 rings (SSSR count). The van der Waals surface area contributed by atoms with Crippen LogP contribution in [0.25, 0.3) is 0 Å². The number of rotatable bonds is 4. The molecule has 1 aliphatic carbocycles. The maximum atomic E-state index is 9.84. The second-order valence-electron chi connectivity index (χ2n) is 6.09. The molecule has 0 aliphatic heterocycles. The van der Waals surface area contributed by atoms with Crippen LogP contribution in [0, 0.1) is 0 Å². The first-order valence-corrected chi connectivity index (χ1v) is 8.36. The van der Waals surface area contributed by atoms with E-state index in [2.05, 4.69) is 9.98 Å². The van der Waals surface area contributed by atoms with E-state index in [9.17, 15) is 10.2 Å². The Morgan fingerprint density at radius 3 is 1.39 bits per heavy atom. The third-order valence-corrected chi connectivity index (χ3v) is 4.38. The number of aliphatic imine (C=N–C) groups is 2. The number of aromatic hydroxyl groups is 2. The molecular formula is C20H22Cl3MnN2O2. The molecule has 2 aromatic carbocycles. The first-order valence-electron chi connectivity index (χ1n) is 8.36. The van der Waals surface area contributed by atoms with Gasteiger partial charge in [0, 0.05) is 23.6 Å². The van der Waals surface area contributed by atoms with Gasteiger partial charge in [-0.3, -0.25) is 9.98 Å². The second kappa shape index (κ2) is 14.7. The van der Waals surface area contributed by atoms with Crippen LogP contribution in [-0.4, -0.2) is 34.7 Å². The summed E-state index contributed by atoms with van der Waals surface area (Å²) in [5.74, 6) is 0.484. The van der Waals surface area contributed by atoms with Crippen LogP contribution < -0.4 is 37.2 Å². The second-order valence-corrected chi connectivity index (χ2v) is 6.09. The van der Waals surface area contributed by atoms with E-state index in [1.165, 1.54) is 0 Å². The minimum atomic E-state index is 0. The summed E-state index contributed by atoms with van der Waals surface area (Å²) in [5.41, 5.74) is 1.46. The molecule has 2 unspecified atom stereocenters. The van der Waals surface area contributed by atoms with Gasteiger partial charge in [0.1, 0.15) is 11.5 Å². The van der Waals surface area contributed by atoms with Crippen LogP contribution in [0.4, 0.5) is 0 Å². The molecule has 0 amide bonds. The zero-order valence-corrected chi connectivity index (χ0v) is 18.5. The van der Waals surface area contributed by atoms with E-state index in [4.69, 9.17) is 0 Å². The van der Waals surface area contributed by atoms with Crippen LogP contribution in [0.15, 0.2) is 58.5 Å². The van der Waals surface area contributed by atoms with Crippen LogP contribution in [0.1, 0.15) is 36.8 Å². The number of nitrogens with zero attached hydrogens (tertiary/aromatic N) is 2. The molecule has 0 heterocycles. The number of phenolic OH excluding ortho intramolecular Hbond substituents is 2. The van der Waals surface area contributed by atoms with E-state index < -0.39 is 0 Å². The quantitative estimate of drug-likeness (QED) is 0.338. The summed E-state index contributed by atoms with van der Waals surface area (Å²) in [6, 6.07) is 14.6. The third-order valence-electron chi connectivity index (χ3n) is 4.38. The number of hydrogen-bond donors (Lipinski definition) is 2. The van der Waals surface area contributed by atoms with E-state index in [1.54, 1.807) is 36.7 Å². The van der Waals surface area contributed by atoms with Gasteiger partial charge in [0.25, 0.3) is 0 Å². The van der Waals surface area contributed by atoms with E-state index in [-0.39, 0.29) is 77.9 Å². The normalized spacial score (nSPS) is 18.4. The van der Waals surface area contributed by atoms with Gasteiger partial charge in [-0.2, -0.15) is 0 Å². The molecule has 0 bridgehead atoms. The zero-order valence-electron chi connectivity index (χ0n) is 15.1. The Labute approximate surface area is 195 Å². The summed E-state index contributed by atoms with van der Waals surface area (Å²) in [5, 5.41) is 19.7. The average Bonchev–Trinajstić information content (AvgIpc) is 2.61. The molecule has 1 fully saturated rings. The summed E-state index contributed by atoms with van der Waals surface area (Å²) >= 11 is 0. The van der Waals surface area contributed by atoms with E-state index in [0.29, 0.717) is 0 Å². The SMILES string of the molecule is Oc1ccccc1C=NC1CCCCC1N=Cc1ccccc1O.[Cl-].[Cl-].[Cl-].[Mn+3]. The molecule has 0 saturated heterocycles. The van der Waals surface area contributed by atoms with Crippen molar-refractivity contribution in [1.82, 2.24) is 0 Å². The maximum Gasteiger partial charge on any atom is 3.00 e. The van der Waals surface area contributed by atoms with E-state index in [0.717, 1.165) is 36.8 Å². The van der Waals surface area contributed by atoms with Crippen LogP contribution in [0.5, 0.6) is 11.5 Å². The number of para-hydroxylation sites is 2. The zero-order chi connectivity index (χ0) is 16.8. The predicted octanol–water partition coefficient (Wildman–Crippen LogP) is -5.04. The van der Waals surface area contributed by atoms with Gasteiger partial charge in [0.05, 0.1) is 12.1 Å². The van der Waals surface area contributed by atoms with Crippen LogP contribution in [0.2, 0.25) is 0 Å². The van der Waals surface area contributed by atoms with Crippen molar-refractivity contribution in [1.29, 1.82) is 0 Å². The fraction of sp³-hybridized carbons (Fsp3) is 0.300. The molecule has 152 valence electrons. The molecule has 0 aromatic heterocycles. The van der Waals surface area contributed by atoms with Gasteiger partial charge in [-0.1, -0.05) is 37.1 Å². The van der Waals surface area contributed by atoms with Gasteiger partial charge < -0.3 is 47.4 Å². The Morgan fingerprint density at radius 1 is 0.679 bits per heavy atom. The number of hydrogen-bond acceptors (Lipinski definition) is 4. The number of phenols is 2. The molecule has 2 atom stereocenters. The van der Waals surface area contributed by atoms with Crippen LogP contribution in [0.3, 0.4) is 0 Å². The standard InChI is InChI=1S/C20H22N2O2.3ClH.Mn/c23-19-11-5-1-7-15(19)13-21-17-9-3-4-10-18(17)22-14-16-8-2-6-12-20(16)24;;;;/h1-2,5-8,11-14,17-18,23-24H,3-4,9-10H2;3*1H;/q;;;;+3/p-3. The van der Waals surface area contributed by atoms with Crippen LogP contribution in [-0.2, 0) is 17.1 Å². The Kier molecular flexibility index (Phi) is 15.2. The fourth-order valence-electron chi connectivity index (χ4n) is 2.98. The Morgan fingerprint density at radius 2 is 1.04 bits per heavy atom. The van der Waals surface area contributed by atoms with Crippen molar-refractivity contribution < 1.29 is 64.5 Å². The van der Waals surface area contributed by atoms with Crippen molar-refractivity contribution >= 4 is 12.4 Å². The van der Waals surface area contributed by atoms with Gasteiger partial charge in [-0.15, -0.1) is 0 Å². The van der Waals surface area contributed by atoms with Gasteiger partial charge in [-0.05, 0) is 37.1 Å². The maximum absolute atomic E-state index is 9.84. The first-order chi connectivity index (χ1) is 11.7. The van der Waals surface area contributed by atoms with Crippen LogP contribution >= 0.6 is 0 Å². The smallest absolute Gasteiger partial charge is 1.00 e. The van der Waals surface area contributed by atoms with Crippen molar-refractivity contribution in [3.05, 3.63) is 59.7 Å². The summed E-state index contributed by atoms with van der Waals surface area (Å²) < 4.78 is 0. The molecule has 1 aliphatic rings. The molecule has 0 spiro atoms. The average molecular weight is 484 g/mol. The van der Waals surface area contributed by atoms with E-state index >= 15 is 0 Å². The first kappa shape index (κ1) is 29.0. The van der Waals surface area contributed by atoms with Gasteiger partial charge in [-0.25, -0.2) is 0 Å². The molecular weight excluding hydrogens is 462 g/mol. The Bertz CT molecular complexity index is 696. The van der Waals surface area contributed by atoms with Gasteiger partial charge >= 0.3 is 17.1 Å². The fourth-order valence-corrected chi connectivity index (χ4v) is 2.98. The predicted molar refractivity (Wildman–Crippen MR) is 97.4 cm³/mol. The van der Waals surface area contributed by atoms with Gasteiger partial charge in [0.15, 0.2) is 0 Å². The summed E-state index contributed by atoms with van der Waals surface area (Å²) in [6.07, 6.45) is 7.76. The summed E-state index contributed by atoms with van der Waals surface area (Å²) in [7, 11) is 0. The third kappa shape index (κ3) is 8.02. The largest absolute Gasteiger partial charge is 3.00 e. The molecule has 2 N–H and O–H groups in total. The van der Waals surface area contributed by atoms with E-state index in [1.807, 2.05) is 24.3 Å². The molecule has 8 heteroatoms. The van der Waals surface area contributed by atoms with Gasteiger partial charge in [0.2, 0.25) is 0 Å². The topological polar surface area (TPSA) is 65.2 Å². The molecule has 1 saturated carbocycles. The Balaban J connectivity index is 0. The van der Waals surface area contributed by atoms with Crippen molar-refractivity contribution in [3.8, 4) is 11.5 Å². The minimum absolute atomic E-state index is 0. The number of benzene rings is 2. The number of halogens is 3. The monoisotopic (exact) mass is 482 g/mol. The molecule has 0 radical (unpaired) electrons. The molecule has 2 aromatic rings. The minimum Gasteiger partial charge on any atom is -1.00 e. The molecule has 4 nitrogen and oxygen atoms in total. The van der Waals surface area contributed by atoms with Crippen molar-refractivity contribution in [2.24, 2.45) is 9.98 Å². The van der Waals surface area contributed by atoms with Crippen molar-refractivity contribution in [3.63, 3.8) is 0 Å².